The zero-order chi connectivity index (χ0) is 14.5. The maximum atomic E-state index is 14.2. The van der Waals surface area contributed by atoms with Gasteiger partial charge in [0.2, 0.25) is 0 Å². The van der Waals surface area contributed by atoms with Gasteiger partial charge < -0.3 is 5.32 Å². The monoisotopic (exact) mass is 297 g/mol. The molecule has 3 heteroatoms. The van der Waals surface area contributed by atoms with E-state index < -0.39 is 0 Å². The molecular weight excluding hydrogens is 273 g/mol. The number of benzene rings is 1. The second-order valence-corrected chi connectivity index (χ2v) is 6.49. The second kappa shape index (κ2) is 7.42. The molecular formula is C17H25ClFN. The summed E-state index contributed by atoms with van der Waals surface area (Å²) in [5, 5.41) is 4.08. The van der Waals surface area contributed by atoms with Crippen LogP contribution in [0, 0.1) is 17.7 Å². The molecule has 1 unspecified atom stereocenters. The quantitative estimate of drug-likeness (QED) is 0.773. The van der Waals surface area contributed by atoms with Gasteiger partial charge in [0.25, 0.3) is 0 Å². The second-order valence-electron chi connectivity index (χ2n) is 6.09. The molecule has 1 aromatic carbocycles. The fourth-order valence-electron chi connectivity index (χ4n) is 3.23. The molecule has 1 aromatic rings. The van der Waals surface area contributed by atoms with Gasteiger partial charge >= 0.3 is 0 Å². The average molecular weight is 298 g/mol. The van der Waals surface area contributed by atoms with Gasteiger partial charge in [-0.25, -0.2) is 4.39 Å². The van der Waals surface area contributed by atoms with Crippen molar-refractivity contribution in [3.63, 3.8) is 0 Å². The third-order valence-electron chi connectivity index (χ3n) is 4.46. The van der Waals surface area contributed by atoms with E-state index in [1.54, 1.807) is 12.1 Å². The first kappa shape index (κ1) is 15.8. The van der Waals surface area contributed by atoms with Crippen LogP contribution in [0.2, 0.25) is 5.02 Å². The maximum Gasteiger partial charge on any atom is 0.129 e. The SMILES string of the molecule is CCCNC(c1c(F)cccc1Cl)C1CCC(C)CC1. The molecule has 0 amide bonds. The highest BCUT2D eigenvalue weighted by atomic mass is 35.5. The number of nitrogens with one attached hydrogen (secondary N) is 1. The van der Waals surface area contributed by atoms with E-state index in [1.807, 2.05) is 0 Å². The number of halogens is 2. The van der Waals surface area contributed by atoms with E-state index >= 15 is 0 Å². The van der Waals surface area contributed by atoms with E-state index in [1.165, 1.54) is 18.9 Å². The first-order valence-corrected chi connectivity index (χ1v) is 8.18. The van der Waals surface area contributed by atoms with Gasteiger partial charge in [-0.05, 0) is 49.8 Å². The zero-order valence-corrected chi connectivity index (χ0v) is 13.2. The van der Waals surface area contributed by atoms with Crippen molar-refractivity contribution in [3.8, 4) is 0 Å². The van der Waals surface area contributed by atoms with Gasteiger partial charge in [0.05, 0.1) is 0 Å². The summed E-state index contributed by atoms with van der Waals surface area (Å²) >= 11 is 6.27. The highest BCUT2D eigenvalue weighted by Crippen LogP contribution is 2.39. The average Bonchev–Trinajstić information content (AvgIpc) is 2.43. The number of hydrogen-bond donors (Lipinski definition) is 1. The standard InChI is InChI=1S/C17H25ClFN/c1-3-11-20-17(13-9-7-12(2)8-10-13)16-14(18)5-4-6-15(16)19/h4-6,12-13,17,20H,3,7-11H2,1-2H3. The van der Waals surface area contributed by atoms with Crippen LogP contribution in [0.3, 0.4) is 0 Å². The van der Waals surface area contributed by atoms with Crippen LogP contribution in [0.1, 0.15) is 57.6 Å². The molecule has 20 heavy (non-hydrogen) atoms. The van der Waals surface area contributed by atoms with Crippen LogP contribution in [0.5, 0.6) is 0 Å². The van der Waals surface area contributed by atoms with Crippen molar-refractivity contribution < 1.29 is 4.39 Å². The largest absolute Gasteiger partial charge is 0.310 e. The Balaban J connectivity index is 2.22. The van der Waals surface area contributed by atoms with Crippen molar-refractivity contribution >= 4 is 11.6 Å². The van der Waals surface area contributed by atoms with Gasteiger partial charge in [0.1, 0.15) is 5.82 Å². The molecule has 1 N–H and O–H groups in total. The predicted molar refractivity (Wildman–Crippen MR) is 83.6 cm³/mol. The minimum Gasteiger partial charge on any atom is -0.310 e. The Morgan fingerprint density at radius 2 is 2.00 bits per heavy atom. The predicted octanol–water partition coefficient (Wildman–Crippen LogP) is 5.35. The summed E-state index contributed by atoms with van der Waals surface area (Å²) in [6, 6.07) is 5.05. The molecule has 0 saturated heterocycles. The first-order valence-electron chi connectivity index (χ1n) is 7.80. The summed E-state index contributed by atoms with van der Waals surface area (Å²) in [4.78, 5) is 0. The summed E-state index contributed by atoms with van der Waals surface area (Å²) in [7, 11) is 0. The van der Waals surface area contributed by atoms with E-state index in [9.17, 15) is 4.39 Å². The molecule has 2 rings (SSSR count). The first-order chi connectivity index (χ1) is 9.63. The summed E-state index contributed by atoms with van der Waals surface area (Å²) in [5.74, 6) is 1.12. The number of rotatable bonds is 5. The third-order valence-corrected chi connectivity index (χ3v) is 4.79. The Kier molecular flexibility index (Phi) is 5.86. The van der Waals surface area contributed by atoms with Crippen molar-refractivity contribution in [2.75, 3.05) is 6.54 Å². The Morgan fingerprint density at radius 1 is 1.30 bits per heavy atom. The lowest BCUT2D eigenvalue weighted by Crippen LogP contribution is -2.32. The van der Waals surface area contributed by atoms with Crippen LogP contribution in [0.15, 0.2) is 18.2 Å². The summed E-state index contributed by atoms with van der Waals surface area (Å²) < 4.78 is 14.2. The van der Waals surface area contributed by atoms with E-state index in [0.29, 0.717) is 16.5 Å². The fraction of sp³-hybridized carbons (Fsp3) is 0.647. The Morgan fingerprint density at radius 3 is 2.60 bits per heavy atom. The molecule has 0 heterocycles. The van der Waals surface area contributed by atoms with Crippen molar-refractivity contribution in [3.05, 3.63) is 34.6 Å². The maximum absolute atomic E-state index is 14.2. The van der Waals surface area contributed by atoms with Crippen molar-refractivity contribution in [2.45, 2.75) is 52.0 Å². The lowest BCUT2D eigenvalue weighted by Gasteiger charge is -2.34. The Hall–Kier alpha value is -0.600. The van der Waals surface area contributed by atoms with Gasteiger partial charge in [-0.1, -0.05) is 44.4 Å². The Bertz CT molecular complexity index is 407. The molecule has 0 bridgehead atoms. The van der Waals surface area contributed by atoms with Gasteiger partial charge in [-0.3, -0.25) is 0 Å². The lowest BCUT2D eigenvalue weighted by molar-refractivity contribution is 0.228. The van der Waals surface area contributed by atoms with E-state index in [-0.39, 0.29) is 11.9 Å². The molecule has 1 fully saturated rings. The molecule has 1 aliphatic carbocycles. The molecule has 1 aliphatic rings. The molecule has 1 nitrogen and oxygen atoms in total. The van der Waals surface area contributed by atoms with Gasteiger partial charge in [-0.2, -0.15) is 0 Å². The van der Waals surface area contributed by atoms with Gasteiger partial charge in [-0.15, -0.1) is 0 Å². The highest BCUT2D eigenvalue weighted by molar-refractivity contribution is 6.31. The normalized spacial score (nSPS) is 24.6. The zero-order valence-electron chi connectivity index (χ0n) is 12.5. The summed E-state index contributed by atoms with van der Waals surface area (Å²) in [5.41, 5.74) is 0.669. The van der Waals surface area contributed by atoms with Crippen LogP contribution in [-0.2, 0) is 0 Å². The minimum absolute atomic E-state index is 0.0520. The molecule has 0 aromatic heterocycles. The fourth-order valence-corrected chi connectivity index (χ4v) is 3.51. The minimum atomic E-state index is -0.176. The van der Waals surface area contributed by atoms with Crippen molar-refractivity contribution in [1.29, 1.82) is 0 Å². The van der Waals surface area contributed by atoms with Crippen LogP contribution in [0.4, 0.5) is 4.39 Å². The van der Waals surface area contributed by atoms with E-state index in [0.717, 1.165) is 31.7 Å². The van der Waals surface area contributed by atoms with Crippen LogP contribution < -0.4 is 5.32 Å². The topological polar surface area (TPSA) is 12.0 Å². The van der Waals surface area contributed by atoms with Crippen LogP contribution in [0.25, 0.3) is 0 Å². The highest BCUT2D eigenvalue weighted by Gasteiger charge is 2.29. The van der Waals surface area contributed by atoms with E-state index in [4.69, 9.17) is 11.6 Å². The van der Waals surface area contributed by atoms with Crippen LogP contribution in [-0.4, -0.2) is 6.54 Å². The smallest absolute Gasteiger partial charge is 0.129 e. The van der Waals surface area contributed by atoms with Gasteiger partial charge in [0, 0.05) is 16.6 Å². The Labute approximate surface area is 126 Å². The van der Waals surface area contributed by atoms with Crippen molar-refractivity contribution in [1.82, 2.24) is 5.32 Å². The summed E-state index contributed by atoms with van der Waals surface area (Å²) in [6.45, 7) is 5.35. The van der Waals surface area contributed by atoms with E-state index in [2.05, 4.69) is 19.2 Å². The van der Waals surface area contributed by atoms with Crippen molar-refractivity contribution in [2.24, 2.45) is 11.8 Å². The molecule has 112 valence electrons. The molecule has 1 atom stereocenters. The third kappa shape index (κ3) is 3.73. The van der Waals surface area contributed by atoms with Crippen LogP contribution >= 0.6 is 11.6 Å². The summed E-state index contributed by atoms with van der Waals surface area (Å²) in [6.07, 6.45) is 5.84. The molecule has 0 spiro atoms. The number of hydrogen-bond acceptors (Lipinski definition) is 1. The van der Waals surface area contributed by atoms with Gasteiger partial charge in [0.15, 0.2) is 0 Å². The molecule has 0 aliphatic heterocycles. The lowest BCUT2D eigenvalue weighted by atomic mass is 9.77. The molecule has 1 saturated carbocycles. The molecule has 0 radical (unpaired) electrons.